The van der Waals surface area contributed by atoms with Crippen LogP contribution in [0, 0.1) is 5.82 Å². The number of nitrogens with zero attached hydrogens (tertiary/aromatic N) is 2. The Morgan fingerprint density at radius 3 is 2.51 bits per heavy atom. The predicted molar refractivity (Wildman–Crippen MR) is 144 cm³/mol. The molecule has 12 heteroatoms. The largest absolute Gasteiger partial charge is 0.494 e. The summed E-state index contributed by atoms with van der Waals surface area (Å²) in [6, 6.07) is 11.3. The van der Waals surface area contributed by atoms with E-state index in [-0.39, 0.29) is 35.5 Å². The minimum absolute atomic E-state index is 0.0335. The molecular weight excluding hydrogens is 525 g/mol. The Kier molecular flexibility index (Phi) is 9.10. The van der Waals surface area contributed by atoms with Crippen molar-refractivity contribution in [3.05, 3.63) is 76.0 Å². The SMILES string of the molecule is CCOc1ccc(C(C(=O)NCC2CCCO2)N(Cc2ccc(F)cc2)C(=O)c2snc(C(N)=O)c2N)cc1. The van der Waals surface area contributed by atoms with Gasteiger partial charge in [-0.1, -0.05) is 24.3 Å². The summed E-state index contributed by atoms with van der Waals surface area (Å²) >= 11 is 0.722. The summed E-state index contributed by atoms with van der Waals surface area (Å²) in [6.07, 6.45) is 1.61. The van der Waals surface area contributed by atoms with Gasteiger partial charge in [-0.3, -0.25) is 14.4 Å². The van der Waals surface area contributed by atoms with E-state index in [9.17, 15) is 18.8 Å². The van der Waals surface area contributed by atoms with Crippen LogP contribution in [0.1, 0.15) is 57.1 Å². The third kappa shape index (κ3) is 6.70. The van der Waals surface area contributed by atoms with Crippen LogP contribution in [0.2, 0.25) is 0 Å². The number of hydrogen-bond acceptors (Lipinski definition) is 8. The minimum Gasteiger partial charge on any atom is -0.494 e. The lowest BCUT2D eigenvalue weighted by molar-refractivity contribution is -0.126. The van der Waals surface area contributed by atoms with Crippen LogP contribution in [0.15, 0.2) is 48.5 Å². The summed E-state index contributed by atoms with van der Waals surface area (Å²) in [5.74, 6) is -1.78. The number of anilines is 1. The normalized spacial score (nSPS) is 15.5. The number of nitrogen functional groups attached to an aromatic ring is 1. The first-order valence-electron chi connectivity index (χ1n) is 12.5. The first-order chi connectivity index (χ1) is 18.8. The molecule has 3 amide bonds. The Bertz CT molecular complexity index is 1310. The zero-order chi connectivity index (χ0) is 27.9. The van der Waals surface area contributed by atoms with Gasteiger partial charge in [-0.05, 0) is 66.7 Å². The third-order valence-electron chi connectivity index (χ3n) is 6.28. The number of nitrogens with two attached hydrogens (primary N) is 2. The number of aromatic nitrogens is 1. The molecule has 5 N–H and O–H groups in total. The molecule has 0 bridgehead atoms. The van der Waals surface area contributed by atoms with Crippen LogP contribution in [-0.2, 0) is 16.1 Å². The number of nitrogens with one attached hydrogen (secondary N) is 1. The molecule has 1 aliphatic heterocycles. The van der Waals surface area contributed by atoms with Gasteiger partial charge in [0.1, 0.15) is 22.5 Å². The van der Waals surface area contributed by atoms with Crippen molar-refractivity contribution in [2.75, 3.05) is 25.5 Å². The Morgan fingerprint density at radius 2 is 1.92 bits per heavy atom. The molecule has 2 atom stereocenters. The number of hydrogen-bond donors (Lipinski definition) is 3. The summed E-state index contributed by atoms with van der Waals surface area (Å²) in [4.78, 5) is 40.8. The molecule has 206 valence electrons. The van der Waals surface area contributed by atoms with E-state index < -0.39 is 29.6 Å². The number of rotatable bonds is 11. The molecule has 1 aliphatic rings. The number of amides is 3. The van der Waals surface area contributed by atoms with Gasteiger partial charge in [0.2, 0.25) is 5.91 Å². The van der Waals surface area contributed by atoms with Gasteiger partial charge in [-0.2, -0.15) is 4.37 Å². The fourth-order valence-electron chi connectivity index (χ4n) is 4.33. The number of benzene rings is 2. The average Bonchev–Trinajstić information content (AvgIpc) is 3.59. The maximum absolute atomic E-state index is 14.0. The van der Waals surface area contributed by atoms with E-state index in [0.29, 0.717) is 30.1 Å². The number of ether oxygens (including phenoxy) is 2. The highest BCUT2D eigenvalue weighted by atomic mass is 32.1. The van der Waals surface area contributed by atoms with E-state index in [4.69, 9.17) is 20.9 Å². The predicted octanol–water partition coefficient (Wildman–Crippen LogP) is 3.04. The van der Waals surface area contributed by atoms with Crippen molar-refractivity contribution in [2.24, 2.45) is 5.73 Å². The molecule has 2 heterocycles. The van der Waals surface area contributed by atoms with Crippen LogP contribution in [0.4, 0.5) is 10.1 Å². The van der Waals surface area contributed by atoms with Gasteiger partial charge < -0.3 is 31.2 Å². The first kappa shape index (κ1) is 28.0. The second-order valence-corrected chi connectivity index (χ2v) is 9.76. The molecule has 0 radical (unpaired) electrons. The Morgan fingerprint density at radius 1 is 1.21 bits per heavy atom. The summed E-state index contributed by atoms with van der Waals surface area (Å²) < 4.78 is 28.8. The second kappa shape index (κ2) is 12.7. The first-order valence-corrected chi connectivity index (χ1v) is 13.3. The molecule has 1 saturated heterocycles. The maximum Gasteiger partial charge on any atom is 0.270 e. The van der Waals surface area contributed by atoms with Gasteiger partial charge in [-0.15, -0.1) is 0 Å². The van der Waals surface area contributed by atoms with Gasteiger partial charge >= 0.3 is 0 Å². The lowest BCUT2D eigenvalue weighted by Gasteiger charge is -2.31. The van der Waals surface area contributed by atoms with Gasteiger partial charge in [0.15, 0.2) is 5.69 Å². The highest BCUT2D eigenvalue weighted by Gasteiger charge is 2.35. The van der Waals surface area contributed by atoms with Crippen molar-refractivity contribution >= 4 is 34.9 Å². The molecule has 0 aliphatic carbocycles. The van der Waals surface area contributed by atoms with Gasteiger partial charge in [0, 0.05) is 19.7 Å². The van der Waals surface area contributed by atoms with Gasteiger partial charge in [0.25, 0.3) is 11.8 Å². The highest BCUT2D eigenvalue weighted by Crippen LogP contribution is 2.31. The summed E-state index contributed by atoms with van der Waals surface area (Å²) in [7, 11) is 0. The van der Waals surface area contributed by atoms with E-state index in [1.807, 2.05) is 6.92 Å². The topological polar surface area (TPSA) is 150 Å². The number of carbonyl (C=O) groups excluding carboxylic acids is 3. The lowest BCUT2D eigenvalue weighted by atomic mass is 10.0. The van der Waals surface area contributed by atoms with Crippen molar-refractivity contribution in [1.29, 1.82) is 0 Å². The zero-order valence-corrected chi connectivity index (χ0v) is 22.2. The van der Waals surface area contributed by atoms with E-state index >= 15 is 0 Å². The average molecular weight is 556 g/mol. The number of carbonyl (C=O) groups is 3. The summed E-state index contributed by atoms with van der Waals surface area (Å²) in [6.45, 7) is 3.17. The van der Waals surface area contributed by atoms with Crippen LogP contribution in [0.3, 0.4) is 0 Å². The van der Waals surface area contributed by atoms with Crippen molar-refractivity contribution in [3.8, 4) is 5.75 Å². The molecule has 10 nitrogen and oxygen atoms in total. The van der Waals surface area contributed by atoms with Gasteiger partial charge in [0.05, 0.1) is 18.4 Å². The van der Waals surface area contributed by atoms with Crippen molar-refractivity contribution in [1.82, 2.24) is 14.6 Å². The number of halogens is 1. The Balaban J connectivity index is 1.75. The standard InChI is InChI=1S/C27H30FN5O5S/c1-2-37-19-11-7-17(8-12-19)23(26(35)31-14-20-4-3-13-38-20)33(15-16-5-9-18(28)10-6-16)27(36)24-21(29)22(25(30)34)32-39-24/h5-12,20,23H,2-4,13-15,29H2,1H3,(H2,30,34)(H,31,35). The Labute approximate surface area is 229 Å². The monoisotopic (exact) mass is 555 g/mol. The minimum atomic E-state index is -1.11. The van der Waals surface area contributed by atoms with Gasteiger partial charge in [-0.25, -0.2) is 4.39 Å². The van der Waals surface area contributed by atoms with Crippen LogP contribution in [0.5, 0.6) is 5.75 Å². The molecule has 4 rings (SSSR count). The van der Waals surface area contributed by atoms with E-state index in [1.54, 1.807) is 24.3 Å². The van der Waals surface area contributed by atoms with Crippen LogP contribution >= 0.6 is 11.5 Å². The molecule has 2 unspecified atom stereocenters. The molecule has 1 fully saturated rings. The van der Waals surface area contributed by atoms with Crippen LogP contribution in [-0.4, -0.2) is 52.9 Å². The van der Waals surface area contributed by atoms with E-state index in [2.05, 4.69) is 9.69 Å². The summed E-state index contributed by atoms with van der Waals surface area (Å²) in [5, 5.41) is 2.92. The smallest absolute Gasteiger partial charge is 0.270 e. The third-order valence-corrected chi connectivity index (χ3v) is 7.13. The molecule has 0 saturated carbocycles. The quantitative estimate of drug-likeness (QED) is 0.329. The molecule has 0 spiro atoms. The highest BCUT2D eigenvalue weighted by molar-refractivity contribution is 7.09. The van der Waals surface area contributed by atoms with Crippen molar-refractivity contribution < 1.29 is 28.2 Å². The fourth-order valence-corrected chi connectivity index (χ4v) is 5.09. The van der Waals surface area contributed by atoms with E-state index in [0.717, 1.165) is 24.4 Å². The van der Waals surface area contributed by atoms with Crippen molar-refractivity contribution in [2.45, 2.75) is 38.5 Å². The molecule has 2 aromatic carbocycles. The molecule has 39 heavy (non-hydrogen) atoms. The van der Waals surface area contributed by atoms with Crippen LogP contribution < -0.4 is 21.5 Å². The van der Waals surface area contributed by atoms with Crippen LogP contribution in [0.25, 0.3) is 0 Å². The van der Waals surface area contributed by atoms with E-state index in [1.165, 1.54) is 29.2 Å². The molecular formula is C27H30FN5O5S. The molecule has 3 aromatic rings. The van der Waals surface area contributed by atoms with Crippen molar-refractivity contribution in [3.63, 3.8) is 0 Å². The second-order valence-electron chi connectivity index (χ2n) is 8.98. The Hall–Kier alpha value is -4.03. The summed E-state index contributed by atoms with van der Waals surface area (Å²) in [5.41, 5.74) is 12.1. The maximum atomic E-state index is 14.0. The zero-order valence-electron chi connectivity index (χ0n) is 21.4. The molecule has 1 aromatic heterocycles. The lowest BCUT2D eigenvalue weighted by Crippen LogP contribution is -2.45. The fraction of sp³-hybridized carbons (Fsp3) is 0.333. The number of primary amides is 1.